The molecule has 12 heteroatoms. The monoisotopic (exact) mass is 518 g/mol. The quantitative estimate of drug-likeness (QED) is 0.416. The third-order valence-corrected chi connectivity index (χ3v) is 5.63. The number of hydrogen-bond acceptors (Lipinski definition) is 7. The van der Waals surface area contributed by atoms with Gasteiger partial charge < -0.3 is 16.2 Å². The molecule has 200 valence electrons. The van der Waals surface area contributed by atoms with E-state index in [-0.39, 0.29) is 31.1 Å². The molecule has 3 heterocycles. The van der Waals surface area contributed by atoms with Gasteiger partial charge in [0, 0.05) is 37.5 Å². The van der Waals surface area contributed by atoms with E-state index in [0.717, 1.165) is 34.3 Å². The van der Waals surface area contributed by atoms with Gasteiger partial charge in [-0.25, -0.2) is 10.4 Å². The number of pyridine rings is 2. The minimum absolute atomic E-state index is 0.139. The van der Waals surface area contributed by atoms with Crippen molar-refractivity contribution < 1.29 is 28.3 Å². The van der Waals surface area contributed by atoms with Gasteiger partial charge in [0.15, 0.2) is 0 Å². The number of hydrazine groups is 1. The molecule has 1 aliphatic rings. The molecule has 0 saturated carbocycles. The summed E-state index contributed by atoms with van der Waals surface area (Å²) in [5.41, 5.74) is 11.4. The van der Waals surface area contributed by atoms with Crippen molar-refractivity contribution in [1.82, 2.24) is 25.7 Å². The molecule has 0 aromatic carbocycles. The summed E-state index contributed by atoms with van der Waals surface area (Å²) >= 11 is 0. The van der Waals surface area contributed by atoms with Gasteiger partial charge in [0.2, 0.25) is 5.91 Å². The number of nitrogen functional groups attached to an aromatic ring is 1. The van der Waals surface area contributed by atoms with Crippen LogP contribution in [-0.4, -0.2) is 51.0 Å². The molecule has 0 spiro atoms. The highest BCUT2D eigenvalue weighted by Gasteiger charge is 2.35. The number of carboxylic acid groups (broad SMARTS) is 1. The van der Waals surface area contributed by atoms with Crippen molar-refractivity contribution >= 4 is 23.6 Å². The summed E-state index contributed by atoms with van der Waals surface area (Å²) in [5, 5.41) is 11.4. The zero-order valence-corrected chi connectivity index (χ0v) is 21.3. The Morgan fingerprint density at radius 3 is 2.51 bits per heavy atom. The predicted molar refractivity (Wildman–Crippen MR) is 133 cm³/mol. The molecule has 0 unspecified atom stereocenters. The fourth-order valence-corrected chi connectivity index (χ4v) is 3.68. The van der Waals surface area contributed by atoms with Gasteiger partial charge in [-0.3, -0.25) is 24.4 Å². The Bertz CT molecular complexity index is 1140. The summed E-state index contributed by atoms with van der Waals surface area (Å²) in [6, 6.07) is 6.00. The molecule has 2 amide bonds. The molecule has 10 nitrogen and oxygen atoms in total. The zero-order valence-electron chi connectivity index (χ0n) is 21.3. The number of aryl methyl sites for hydroxylation is 2. The van der Waals surface area contributed by atoms with Gasteiger partial charge in [-0.1, -0.05) is 11.6 Å². The number of nitrogens with one attached hydrogen (secondary N) is 2. The number of rotatable bonds is 8. The molecule has 0 aliphatic carbocycles. The number of carbonyl (C=O) groups excluding carboxylic acids is 2. The Kier molecular flexibility index (Phi) is 10.2. The van der Waals surface area contributed by atoms with Crippen molar-refractivity contribution in [2.75, 3.05) is 18.8 Å². The average Bonchev–Trinajstić information content (AvgIpc) is 2.81. The largest absolute Gasteiger partial charge is 0.481 e. The minimum atomic E-state index is -3.25. The molecule has 37 heavy (non-hydrogen) atoms. The molecule has 0 fully saturated rings. The molecule has 2 aromatic rings. The standard InChI is InChI=1S/C23H28F2N6O2.C2H4O2/c1-14-7-9-31(29-13-23(24,25)19-6-4-5-8-27-19)22(33)17(14)11-21(32)28-12-18-15(2)10-20(26)30-16(18)3;1-2(3)4/h4-6,8,10,29H,7,9,11-13H2,1-3H3,(H2,26,30)(H,28,32);1H3,(H,3,4). The van der Waals surface area contributed by atoms with Crippen LogP contribution in [0.25, 0.3) is 0 Å². The lowest BCUT2D eigenvalue weighted by Crippen LogP contribution is -2.50. The van der Waals surface area contributed by atoms with Crippen LogP contribution in [-0.2, 0) is 26.9 Å². The fourth-order valence-electron chi connectivity index (χ4n) is 3.68. The highest BCUT2D eigenvalue weighted by atomic mass is 19.3. The number of alkyl halides is 2. The maximum absolute atomic E-state index is 14.4. The highest BCUT2D eigenvalue weighted by molar-refractivity contribution is 5.99. The van der Waals surface area contributed by atoms with Crippen LogP contribution < -0.4 is 16.5 Å². The van der Waals surface area contributed by atoms with E-state index in [4.69, 9.17) is 15.6 Å². The van der Waals surface area contributed by atoms with Crippen molar-refractivity contribution in [2.24, 2.45) is 0 Å². The van der Waals surface area contributed by atoms with Crippen molar-refractivity contribution in [1.29, 1.82) is 0 Å². The number of nitrogens with two attached hydrogens (primary N) is 1. The summed E-state index contributed by atoms with van der Waals surface area (Å²) in [4.78, 5) is 42.4. The number of aliphatic carboxylic acids is 1. The average molecular weight is 519 g/mol. The first-order valence-corrected chi connectivity index (χ1v) is 11.5. The van der Waals surface area contributed by atoms with Gasteiger partial charge in [-0.2, -0.15) is 8.78 Å². The Morgan fingerprint density at radius 2 is 1.92 bits per heavy atom. The maximum Gasteiger partial charge on any atom is 0.303 e. The van der Waals surface area contributed by atoms with Gasteiger partial charge in [-0.05, 0) is 56.5 Å². The molecule has 0 saturated heterocycles. The van der Waals surface area contributed by atoms with E-state index in [1.54, 1.807) is 19.1 Å². The summed E-state index contributed by atoms with van der Waals surface area (Å²) in [6.45, 7) is 6.27. The smallest absolute Gasteiger partial charge is 0.303 e. The Labute approximate surface area is 213 Å². The third kappa shape index (κ3) is 8.60. The van der Waals surface area contributed by atoms with E-state index in [2.05, 4.69) is 20.7 Å². The first kappa shape index (κ1) is 29.3. The number of carbonyl (C=O) groups is 3. The zero-order chi connectivity index (χ0) is 27.8. The Balaban J connectivity index is 0.00000112. The summed E-state index contributed by atoms with van der Waals surface area (Å²) < 4.78 is 28.8. The van der Waals surface area contributed by atoms with Crippen LogP contribution in [0, 0.1) is 13.8 Å². The predicted octanol–water partition coefficient (Wildman–Crippen LogP) is 2.62. The number of anilines is 1. The number of amides is 2. The van der Waals surface area contributed by atoms with E-state index >= 15 is 0 Å². The van der Waals surface area contributed by atoms with Gasteiger partial charge in [0.05, 0.1) is 13.0 Å². The number of aromatic nitrogens is 2. The van der Waals surface area contributed by atoms with Crippen LogP contribution in [0.15, 0.2) is 41.6 Å². The first-order chi connectivity index (χ1) is 17.3. The Morgan fingerprint density at radius 1 is 1.24 bits per heavy atom. The first-order valence-electron chi connectivity index (χ1n) is 11.5. The highest BCUT2D eigenvalue weighted by Crippen LogP contribution is 2.26. The van der Waals surface area contributed by atoms with Gasteiger partial charge in [-0.15, -0.1) is 0 Å². The lowest BCUT2D eigenvalue weighted by molar-refractivity contribution is -0.135. The van der Waals surface area contributed by atoms with E-state index in [9.17, 15) is 18.4 Å². The van der Waals surface area contributed by atoms with E-state index in [1.807, 2.05) is 13.8 Å². The second kappa shape index (κ2) is 12.9. The number of nitrogens with zero attached hydrogens (tertiary/aromatic N) is 3. The number of hydrogen-bond donors (Lipinski definition) is 4. The summed E-state index contributed by atoms with van der Waals surface area (Å²) in [7, 11) is 0. The molecule has 0 atom stereocenters. The summed E-state index contributed by atoms with van der Waals surface area (Å²) in [6.07, 6.45) is 1.64. The van der Waals surface area contributed by atoms with Crippen LogP contribution in [0.1, 0.15) is 49.2 Å². The molecule has 2 aromatic heterocycles. The van der Waals surface area contributed by atoms with E-state index in [0.29, 0.717) is 17.8 Å². The van der Waals surface area contributed by atoms with E-state index < -0.39 is 24.3 Å². The van der Waals surface area contributed by atoms with Crippen molar-refractivity contribution in [3.05, 3.63) is 64.1 Å². The van der Waals surface area contributed by atoms with Gasteiger partial charge >= 0.3 is 5.92 Å². The normalized spacial score (nSPS) is 13.7. The molecule has 3 rings (SSSR count). The molecular weight excluding hydrogens is 486 g/mol. The topological polar surface area (TPSA) is 151 Å². The molecule has 1 aliphatic heterocycles. The minimum Gasteiger partial charge on any atom is -0.481 e. The van der Waals surface area contributed by atoms with Crippen LogP contribution in [0.2, 0.25) is 0 Å². The lowest BCUT2D eigenvalue weighted by atomic mass is 9.98. The summed E-state index contributed by atoms with van der Waals surface area (Å²) in [5.74, 6) is -4.49. The fraction of sp³-hybridized carbons (Fsp3) is 0.400. The van der Waals surface area contributed by atoms with Gasteiger partial charge in [0.25, 0.3) is 11.9 Å². The number of carboxylic acids is 1. The van der Waals surface area contributed by atoms with Crippen LogP contribution in [0.4, 0.5) is 14.6 Å². The van der Waals surface area contributed by atoms with E-state index in [1.165, 1.54) is 18.3 Å². The molecule has 5 N–H and O–H groups in total. The lowest BCUT2D eigenvalue weighted by Gasteiger charge is -2.31. The number of halogens is 2. The molecular formula is C25H32F2N6O4. The second-order valence-corrected chi connectivity index (χ2v) is 8.62. The maximum atomic E-state index is 14.4. The molecule has 0 bridgehead atoms. The third-order valence-electron chi connectivity index (χ3n) is 5.63. The molecule has 0 radical (unpaired) electrons. The van der Waals surface area contributed by atoms with Crippen molar-refractivity contribution in [3.63, 3.8) is 0 Å². The van der Waals surface area contributed by atoms with Crippen LogP contribution in [0.5, 0.6) is 0 Å². The van der Waals surface area contributed by atoms with Crippen molar-refractivity contribution in [2.45, 2.75) is 53.0 Å². The Hall–Kier alpha value is -3.93. The second-order valence-electron chi connectivity index (χ2n) is 8.62. The SMILES string of the molecule is CC(=O)O.CC1=C(CC(=O)NCc2c(C)cc(N)nc2C)C(=O)N(NCC(F)(F)c2ccccn2)CC1. The van der Waals surface area contributed by atoms with Crippen LogP contribution in [0.3, 0.4) is 0 Å². The van der Waals surface area contributed by atoms with Crippen molar-refractivity contribution in [3.8, 4) is 0 Å². The van der Waals surface area contributed by atoms with Gasteiger partial charge in [0.1, 0.15) is 11.5 Å². The van der Waals surface area contributed by atoms with Crippen LogP contribution >= 0.6 is 0 Å².